The summed E-state index contributed by atoms with van der Waals surface area (Å²) in [7, 11) is 0. The molecule has 42 valence electrons. The van der Waals surface area contributed by atoms with Gasteiger partial charge >= 0.3 is 0 Å². The maximum atomic E-state index is 10.3. The minimum absolute atomic E-state index is 0.622. The zero-order valence-electron chi connectivity index (χ0n) is 4.85. The van der Waals surface area contributed by atoms with Crippen molar-refractivity contribution in [3.63, 3.8) is 0 Å². The summed E-state index contributed by atoms with van der Waals surface area (Å²) in [6.07, 6.45) is 2.46. The van der Waals surface area contributed by atoms with Crippen LogP contribution in [0.25, 0.3) is 0 Å². The van der Waals surface area contributed by atoms with Crippen molar-refractivity contribution in [2.45, 2.75) is 20.3 Å². The lowest BCUT2D eigenvalue weighted by molar-refractivity contribution is -0.453. The zero-order chi connectivity index (χ0) is 5.70. The molecule has 0 unspecified atom stereocenters. The summed E-state index contributed by atoms with van der Waals surface area (Å²) in [6, 6.07) is 0. The third kappa shape index (κ3) is 3.30. The molecule has 0 fully saturated rings. The Morgan fingerprint density at radius 1 is 1.71 bits per heavy atom. The van der Waals surface area contributed by atoms with Gasteiger partial charge in [-0.1, -0.05) is 6.92 Å². The predicted molar refractivity (Wildman–Crippen MR) is 30.5 cm³/mol. The molecule has 0 aromatic carbocycles. The van der Waals surface area contributed by atoms with Crippen molar-refractivity contribution in [1.29, 1.82) is 0 Å². The number of hydrogen-bond donors (Lipinski definition) is 0. The standard InChI is InChI=1S/C5H11NO/c1-3-5-6(7)4-2/h4H,3,5H2,1-2H3/b6-4+. The second-order valence-corrected chi connectivity index (χ2v) is 1.40. The van der Waals surface area contributed by atoms with E-state index in [9.17, 15) is 5.21 Å². The highest BCUT2D eigenvalue weighted by Gasteiger charge is 1.81. The first-order valence-electron chi connectivity index (χ1n) is 2.54. The monoisotopic (exact) mass is 101 g/mol. The van der Waals surface area contributed by atoms with Crippen molar-refractivity contribution in [2.24, 2.45) is 0 Å². The van der Waals surface area contributed by atoms with Crippen LogP contribution in [0.3, 0.4) is 0 Å². The number of hydroxylamine groups is 1. The Hall–Kier alpha value is -0.530. The number of hydrogen-bond acceptors (Lipinski definition) is 1. The van der Waals surface area contributed by atoms with Crippen molar-refractivity contribution < 1.29 is 4.74 Å². The van der Waals surface area contributed by atoms with Gasteiger partial charge in [0.2, 0.25) is 0 Å². The molecule has 0 aromatic rings. The lowest BCUT2D eigenvalue weighted by Crippen LogP contribution is -2.02. The largest absolute Gasteiger partial charge is 0.624 e. The maximum absolute atomic E-state index is 10.3. The number of nitrogens with zero attached hydrogens (tertiary/aromatic N) is 1. The van der Waals surface area contributed by atoms with E-state index in [1.54, 1.807) is 6.92 Å². The molecular formula is C5H11NO. The molecule has 0 aliphatic carbocycles. The summed E-state index contributed by atoms with van der Waals surface area (Å²) >= 11 is 0. The van der Waals surface area contributed by atoms with E-state index in [1.165, 1.54) is 6.21 Å². The van der Waals surface area contributed by atoms with Crippen LogP contribution >= 0.6 is 0 Å². The van der Waals surface area contributed by atoms with Gasteiger partial charge in [0.1, 0.15) is 6.21 Å². The summed E-state index contributed by atoms with van der Waals surface area (Å²) in [4.78, 5) is 0. The van der Waals surface area contributed by atoms with E-state index >= 15 is 0 Å². The molecule has 0 bridgehead atoms. The topological polar surface area (TPSA) is 26.1 Å². The second kappa shape index (κ2) is 3.65. The Balaban J connectivity index is 3.17. The number of rotatable bonds is 2. The van der Waals surface area contributed by atoms with Gasteiger partial charge in [-0.15, -0.1) is 0 Å². The first kappa shape index (κ1) is 6.47. The van der Waals surface area contributed by atoms with Crippen molar-refractivity contribution in [2.75, 3.05) is 6.54 Å². The smallest absolute Gasteiger partial charge is 0.152 e. The lowest BCUT2D eigenvalue weighted by Gasteiger charge is -1.97. The maximum Gasteiger partial charge on any atom is 0.152 e. The van der Waals surface area contributed by atoms with Crippen molar-refractivity contribution in [3.05, 3.63) is 5.21 Å². The van der Waals surface area contributed by atoms with E-state index in [2.05, 4.69) is 0 Å². The summed E-state index contributed by atoms with van der Waals surface area (Å²) in [6.45, 7) is 4.34. The van der Waals surface area contributed by atoms with Gasteiger partial charge in [-0.25, -0.2) is 4.74 Å². The van der Waals surface area contributed by atoms with Crippen LogP contribution in [0.5, 0.6) is 0 Å². The highest BCUT2D eigenvalue weighted by molar-refractivity contribution is 5.46. The zero-order valence-corrected chi connectivity index (χ0v) is 4.85. The molecule has 0 aliphatic rings. The summed E-state index contributed by atoms with van der Waals surface area (Å²) in [5.41, 5.74) is 0. The molecule has 2 nitrogen and oxygen atoms in total. The van der Waals surface area contributed by atoms with E-state index in [-0.39, 0.29) is 0 Å². The van der Waals surface area contributed by atoms with Crippen LogP contribution in [-0.2, 0) is 0 Å². The molecule has 0 N–H and O–H groups in total. The summed E-state index contributed by atoms with van der Waals surface area (Å²) < 4.78 is 0.931. The minimum Gasteiger partial charge on any atom is -0.624 e. The van der Waals surface area contributed by atoms with Crippen LogP contribution in [0, 0.1) is 5.21 Å². The van der Waals surface area contributed by atoms with E-state index in [1.807, 2.05) is 6.92 Å². The highest BCUT2D eigenvalue weighted by atomic mass is 16.5. The fraction of sp³-hybridized carbons (Fsp3) is 0.800. The van der Waals surface area contributed by atoms with Crippen LogP contribution < -0.4 is 0 Å². The van der Waals surface area contributed by atoms with Gasteiger partial charge in [0.05, 0.1) is 0 Å². The Kier molecular flexibility index (Phi) is 3.38. The average molecular weight is 101 g/mol. The highest BCUT2D eigenvalue weighted by Crippen LogP contribution is 1.74. The Morgan fingerprint density at radius 2 is 2.29 bits per heavy atom. The SMILES string of the molecule is C/C=[N+](/[O-])CCC. The van der Waals surface area contributed by atoms with Gasteiger partial charge in [-0.05, 0) is 0 Å². The molecule has 7 heavy (non-hydrogen) atoms. The molecule has 0 rings (SSSR count). The summed E-state index contributed by atoms with van der Waals surface area (Å²) in [5.74, 6) is 0. The minimum atomic E-state index is 0.622. The van der Waals surface area contributed by atoms with Gasteiger partial charge in [-0.2, -0.15) is 0 Å². The van der Waals surface area contributed by atoms with Crippen LogP contribution in [0.2, 0.25) is 0 Å². The Labute approximate surface area is 44.1 Å². The fourth-order valence-electron chi connectivity index (χ4n) is 0.349. The van der Waals surface area contributed by atoms with Crippen molar-refractivity contribution in [3.8, 4) is 0 Å². The first-order chi connectivity index (χ1) is 3.31. The molecule has 0 amide bonds. The molecule has 0 saturated carbocycles. The molecule has 0 saturated heterocycles. The predicted octanol–water partition coefficient (Wildman–Crippen LogP) is 0.997. The summed E-state index contributed by atoms with van der Waals surface area (Å²) in [5, 5.41) is 10.3. The van der Waals surface area contributed by atoms with Crippen LogP contribution in [0.15, 0.2) is 0 Å². The third-order valence-corrected chi connectivity index (χ3v) is 0.732. The molecular weight excluding hydrogens is 90.1 g/mol. The van der Waals surface area contributed by atoms with E-state index < -0.39 is 0 Å². The molecule has 0 heterocycles. The van der Waals surface area contributed by atoms with Crippen LogP contribution in [-0.4, -0.2) is 17.5 Å². The lowest BCUT2D eigenvalue weighted by atomic mass is 10.5. The third-order valence-electron chi connectivity index (χ3n) is 0.732. The molecule has 0 radical (unpaired) electrons. The van der Waals surface area contributed by atoms with Crippen LogP contribution in [0.1, 0.15) is 20.3 Å². The van der Waals surface area contributed by atoms with Gasteiger partial charge in [0.15, 0.2) is 6.54 Å². The quantitative estimate of drug-likeness (QED) is 0.220. The molecule has 0 aromatic heterocycles. The second-order valence-electron chi connectivity index (χ2n) is 1.40. The molecule has 0 aliphatic heterocycles. The first-order valence-corrected chi connectivity index (χ1v) is 2.54. The van der Waals surface area contributed by atoms with Crippen LogP contribution in [0.4, 0.5) is 0 Å². The molecule has 0 atom stereocenters. The van der Waals surface area contributed by atoms with Gasteiger partial charge in [0, 0.05) is 13.3 Å². The molecule has 2 heteroatoms. The van der Waals surface area contributed by atoms with Gasteiger partial charge in [0.25, 0.3) is 0 Å². The van der Waals surface area contributed by atoms with Gasteiger partial charge < -0.3 is 5.21 Å². The van der Waals surface area contributed by atoms with E-state index in [0.717, 1.165) is 11.2 Å². The average Bonchev–Trinajstić information content (AvgIpc) is 1.68. The van der Waals surface area contributed by atoms with Crippen molar-refractivity contribution in [1.82, 2.24) is 0 Å². The van der Waals surface area contributed by atoms with Gasteiger partial charge in [-0.3, -0.25) is 0 Å². The normalized spacial score (nSPS) is 12.0. The fourth-order valence-corrected chi connectivity index (χ4v) is 0.349. The molecule has 0 spiro atoms. The Morgan fingerprint density at radius 3 is 2.43 bits per heavy atom. The van der Waals surface area contributed by atoms with E-state index in [0.29, 0.717) is 6.54 Å². The Bertz CT molecular complexity index is 68.5. The van der Waals surface area contributed by atoms with Crippen molar-refractivity contribution >= 4 is 6.21 Å². The van der Waals surface area contributed by atoms with E-state index in [4.69, 9.17) is 0 Å².